The molecule has 2 rings (SSSR count). The summed E-state index contributed by atoms with van der Waals surface area (Å²) in [5.41, 5.74) is 1.55. The molecule has 0 amide bonds. The summed E-state index contributed by atoms with van der Waals surface area (Å²) in [5, 5.41) is 8.93. The van der Waals surface area contributed by atoms with Gasteiger partial charge in [0.25, 0.3) is 0 Å². The van der Waals surface area contributed by atoms with E-state index in [0.717, 1.165) is 11.1 Å². The molecular weight excluding hydrogens is 305 g/mol. The summed E-state index contributed by atoms with van der Waals surface area (Å²) < 4.78 is 23.8. The summed E-state index contributed by atoms with van der Waals surface area (Å²) in [5.74, 6) is 0.572. The van der Waals surface area contributed by atoms with Gasteiger partial charge in [0.05, 0.1) is 18.2 Å². The highest BCUT2D eigenvalue weighted by atomic mass is 35.5. The second-order valence-corrected chi connectivity index (χ2v) is 4.82. The summed E-state index contributed by atoms with van der Waals surface area (Å²) in [6.07, 6.45) is 2.97. The molecule has 0 N–H and O–H groups in total. The van der Waals surface area contributed by atoms with Crippen LogP contribution in [0, 0.1) is 17.1 Å². The molecule has 5 heteroatoms. The van der Waals surface area contributed by atoms with Crippen molar-refractivity contribution in [1.29, 1.82) is 5.26 Å². The molecule has 0 saturated carbocycles. The fourth-order valence-corrected chi connectivity index (χ4v) is 2.12. The lowest BCUT2D eigenvalue weighted by molar-refractivity contribution is 0.284. The highest BCUT2D eigenvalue weighted by Gasteiger charge is 2.11. The van der Waals surface area contributed by atoms with E-state index in [-0.39, 0.29) is 12.4 Å². The topological polar surface area (TPSA) is 42.2 Å². The Bertz CT molecular complexity index is 721. The van der Waals surface area contributed by atoms with Crippen LogP contribution < -0.4 is 9.47 Å². The first-order valence-electron chi connectivity index (χ1n) is 6.45. The monoisotopic (exact) mass is 317 g/mol. The zero-order valence-corrected chi connectivity index (χ0v) is 12.6. The minimum Gasteiger partial charge on any atom is -0.493 e. The van der Waals surface area contributed by atoms with Gasteiger partial charge in [-0.2, -0.15) is 5.26 Å². The molecule has 0 spiro atoms. The van der Waals surface area contributed by atoms with Crippen molar-refractivity contribution in [2.45, 2.75) is 6.61 Å². The molecule has 0 heterocycles. The minimum absolute atomic E-state index is 0.240. The van der Waals surface area contributed by atoms with Gasteiger partial charge in [-0.05, 0) is 41.5 Å². The van der Waals surface area contributed by atoms with Gasteiger partial charge in [-0.1, -0.05) is 23.7 Å². The molecule has 0 fully saturated rings. The minimum atomic E-state index is -0.298. The SMILES string of the molecule is COc1cc(/C=C/C#N)cc(Cl)c1OCc1ccc(F)cc1. The van der Waals surface area contributed by atoms with Crippen molar-refractivity contribution in [2.24, 2.45) is 0 Å². The second kappa shape index (κ2) is 7.48. The van der Waals surface area contributed by atoms with Crippen molar-refractivity contribution >= 4 is 17.7 Å². The third kappa shape index (κ3) is 4.00. The lowest BCUT2D eigenvalue weighted by atomic mass is 10.2. The predicted octanol–water partition coefficient (Wildman–Crippen LogP) is 4.60. The van der Waals surface area contributed by atoms with Crippen LogP contribution in [0.4, 0.5) is 4.39 Å². The molecule has 0 aromatic heterocycles. The highest BCUT2D eigenvalue weighted by molar-refractivity contribution is 6.32. The van der Waals surface area contributed by atoms with Crippen molar-refractivity contribution in [3.05, 3.63) is 64.4 Å². The molecular formula is C17H13ClFNO2. The van der Waals surface area contributed by atoms with E-state index in [1.807, 2.05) is 6.07 Å². The Labute approximate surface area is 133 Å². The van der Waals surface area contributed by atoms with Crippen LogP contribution in [0.3, 0.4) is 0 Å². The van der Waals surface area contributed by atoms with Crippen molar-refractivity contribution in [1.82, 2.24) is 0 Å². The number of methoxy groups -OCH3 is 1. The summed E-state index contributed by atoms with van der Waals surface area (Å²) in [4.78, 5) is 0. The number of nitrogens with zero attached hydrogens (tertiary/aromatic N) is 1. The van der Waals surface area contributed by atoms with E-state index in [0.29, 0.717) is 16.5 Å². The maximum absolute atomic E-state index is 12.9. The highest BCUT2D eigenvalue weighted by Crippen LogP contribution is 2.37. The van der Waals surface area contributed by atoms with Gasteiger partial charge < -0.3 is 9.47 Å². The first-order chi connectivity index (χ1) is 10.6. The van der Waals surface area contributed by atoms with E-state index < -0.39 is 0 Å². The van der Waals surface area contributed by atoms with E-state index in [1.54, 1.807) is 30.3 Å². The smallest absolute Gasteiger partial charge is 0.180 e. The van der Waals surface area contributed by atoms with Crippen LogP contribution >= 0.6 is 11.6 Å². The Morgan fingerprint density at radius 2 is 2.00 bits per heavy atom. The Hall–Kier alpha value is -2.51. The van der Waals surface area contributed by atoms with Crippen molar-refractivity contribution < 1.29 is 13.9 Å². The second-order valence-electron chi connectivity index (χ2n) is 4.41. The molecule has 3 nitrogen and oxygen atoms in total. The van der Waals surface area contributed by atoms with Crippen LogP contribution in [-0.2, 0) is 6.61 Å². The quantitative estimate of drug-likeness (QED) is 0.757. The lowest BCUT2D eigenvalue weighted by Gasteiger charge is -2.13. The summed E-state index contributed by atoms with van der Waals surface area (Å²) in [7, 11) is 1.51. The predicted molar refractivity (Wildman–Crippen MR) is 83.4 cm³/mol. The molecule has 2 aromatic carbocycles. The van der Waals surface area contributed by atoms with Crippen LogP contribution in [-0.4, -0.2) is 7.11 Å². The molecule has 0 aliphatic rings. The number of hydrogen-bond donors (Lipinski definition) is 0. The first kappa shape index (κ1) is 15.9. The van der Waals surface area contributed by atoms with Crippen molar-refractivity contribution in [2.75, 3.05) is 7.11 Å². The zero-order chi connectivity index (χ0) is 15.9. The van der Waals surface area contributed by atoms with Crippen molar-refractivity contribution in [3.8, 4) is 17.6 Å². The van der Waals surface area contributed by atoms with Crippen LogP contribution in [0.15, 0.2) is 42.5 Å². The normalized spacial score (nSPS) is 10.5. The van der Waals surface area contributed by atoms with Gasteiger partial charge in [-0.3, -0.25) is 0 Å². The van der Waals surface area contributed by atoms with Crippen molar-refractivity contribution in [3.63, 3.8) is 0 Å². The average Bonchev–Trinajstić information content (AvgIpc) is 2.53. The third-order valence-corrected chi connectivity index (χ3v) is 3.18. The Balaban J connectivity index is 2.21. The molecule has 0 atom stereocenters. The third-order valence-electron chi connectivity index (χ3n) is 2.90. The van der Waals surface area contributed by atoms with Gasteiger partial charge in [-0.15, -0.1) is 0 Å². The number of hydrogen-bond acceptors (Lipinski definition) is 3. The number of allylic oxidation sites excluding steroid dienone is 1. The van der Waals surface area contributed by atoms with E-state index in [1.165, 1.54) is 25.3 Å². The molecule has 0 saturated heterocycles. The fraction of sp³-hybridized carbons (Fsp3) is 0.118. The molecule has 0 aliphatic heterocycles. The lowest BCUT2D eigenvalue weighted by Crippen LogP contribution is -1.99. The first-order valence-corrected chi connectivity index (χ1v) is 6.83. The summed E-state index contributed by atoms with van der Waals surface area (Å²) >= 11 is 6.20. The Morgan fingerprint density at radius 3 is 2.64 bits per heavy atom. The van der Waals surface area contributed by atoms with Gasteiger partial charge in [0.15, 0.2) is 11.5 Å². The number of halogens is 2. The van der Waals surface area contributed by atoms with Crippen LogP contribution in [0.1, 0.15) is 11.1 Å². The Morgan fingerprint density at radius 1 is 1.27 bits per heavy atom. The fourth-order valence-electron chi connectivity index (χ4n) is 1.85. The number of benzene rings is 2. The maximum atomic E-state index is 12.9. The molecule has 112 valence electrons. The van der Waals surface area contributed by atoms with Gasteiger partial charge in [0.2, 0.25) is 0 Å². The Kier molecular flexibility index (Phi) is 5.40. The molecule has 0 bridgehead atoms. The molecule has 22 heavy (non-hydrogen) atoms. The van der Waals surface area contributed by atoms with E-state index in [4.69, 9.17) is 26.3 Å². The van der Waals surface area contributed by atoms with E-state index in [9.17, 15) is 4.39 Å². The number of ether oxygens (including phenoxy) is 2. The van der Waals surface area contributed by atoms with Gasteiger partial charge >= 0.3 is 0 Å². The molecule has 2 aromatic rings. The summed E-state index contributed by atoms with van der Waals surface area (Å²) in [6, 6.07) is 11.3. The molecule has 0 unspecified atom stereocenters. The van der Waals surface area contributed by atoms with Crippen LogP contribution in [0.25, 0.3) is 6.08 Å². The standard InChI is InChI=1S/C17H13ClFNO2/c1-21-16-10-13(3-2-8-20)9-15(18)17(16)22-11-12-4-6-14(19)7-5-12/h2-7,9-10H,11H2,1H3/b3-2+. The molecule has 0 aliphatic carbocycles. The van der Waals surface area contributed by atoms with E-state index in [2.05, 4.69) is 0 Å². The maximum Gasteiger partial charge on any atom is 0.180 e. The zero-order valence-electron chi connectivity index (χ0n) is 11.8. The average molecular weight is 318 g/mol. The van der Waals surface area contributed by atoms with Crippen LogP contribution in [0.2, 0.25) is 5.02 Å². The number of rotatable bonds is 5. The number of nitriles is 1. The van der Waals surface area contributed by atoms with Gasteiger partial charge in [0, 0.05) is 6.08 Å². The van der Waals surface area contributed by atoms with E-state index >= 15 is 0 Å². The molecule has 0 radical (unpaired) electrons. The summed E-state index contributed by atoms with van der Waals surface area (Å²) in [6.45, 7) is 0.240. The van der Waals surface area contributed by atoms with Crippen LogP contribution in [0.5, 0.6) is 11.5 Å². The largest absolute Gasteiger partial charge is 0.493 e. The van der Waals surface area contributed by atoms with Gasteiger partial charge in [0.1, 0.15) is 12.4 Å². The van der Waals surface area contributed by atoms with Gasteiger partial charge in [-0.25, -0.2) is 4.39 Å².